The molecule has 0 unspecified atom stereocenters. The summed E-state index contributed by atoms with van der Waals surface area (Å²) in [5.41, 5.74) is 1.79. The molecule has 0 saturated heterocycles. The zero-order valence-corrected chi connectivity index (χ0v) is 9.88. The average molecular weight is 255 g/mol. The van der Waals surface area contributed by atoms with Crippen molar-refractivity contribution in [3.63, 3.8) is 0 Å². The predicted molar refractivity (Wildman–Crippen MR) is 69.5 cm³/mol. The Morgan fingerprint density at radius 3 is 2.74 bits per heavy atom. The van der Waals surface area contributed by atoms with E-state index in [9.17, 15) is 9.18 Å². The van der Waals surface area contributed by atoms with Crippen LogP contribution in [0.1, 0.15) is 10.4 Å². The van der Waals surface area contributed by atoms with Gasteiger partial charge >= 0.3 is 0 Å². The van der Waals surface area contributed by atoms with Crippen LogP contribution in [0.25, 0.3) is 5.52 Å². The summed E-state index contributed by atoms with van der Waals surface area (Å²) in [6, 6.07) is 10.9. The van der Waals surface area contributed by atoms with Crippen molar-refractivity contribution in [2.24, 2.45) is 0 Å². The zero-order valence-electron chi connectivity index (χ0n) is 9.88. The van der Waals surface area contributed by atoms with Crippen LogP contribution < -0.4 is 5.32 Å². The molecule has 0 bridgehead atoms. The predicted octanol–water partition coefficient (Wildman–Crippen LogP) is 2.73. The lowest BCUT2D eigenvalue weighted by molar-refractivity contribution is 0.102. The van der Waals surface area contributed by atoms with Gasteiger partial charge in [0, 0.05) is 11.9 Å². The Bertz CT molecular complexity index is 734. The molecule has 3 rings (SSSR count). The number of anilines is 1. The van der Waals surface area contributed by atoms with Gasteiger partial charge in [-0.2, -0.15) is 5.10 Å². The molecule has 0 aliphatic rings. The van der Waals surface area contributed by atoms with E-state index in [-0.39, 0.29) is 11.7 Å². The number of amides is 1. The van der Waals surface area contributed by atoms with Crippen molar-refractivity contribution in [3.8, 4) is 0 Å². The van der Waals surface area contributed by atoms with Crippen molar-refractivity contribution in [3.05, 3.63) is 66.2 Å². The average Bonchev–Trinajstić information content (AvgIpc) is 2.89. The summed E-state index contributed by atoms with van der Waals surface area (Å²) in [7, 11) is 0. The highest BCUT2D eigenvalue weighted by atomic mass is 19.1. The third-order valence-corrected chi connectivity index (χ3v) is 2.78. The van der Waals surface area contributed by atoms with Crippen LogP contribution in [0.15, 0.2) is 54.9 Å². The van der Waals surface area contributed by atoms with Crippen LogP contribution in [0, 0.1) is 5.82 Å². The second kappa shape index (κ2) is 4.53. The number of hydrogen-bond acceptors (Lipinski definition) is 2. The van der Waals surface area contributed by atoms with Crippen LogP contribution in [-0.4, -0.2) is 15.5 Å². The summed E-state index contributed by atoms with van der Waals surface area (Å²) < 4.78 is 14.4. The lowest BCUT2D eigenvalue weighted by Crippen LogP contribution is -2.13. The number of hydrogen-bond donors (Lipinski definition) is 1. The lowest BCUT2D eigenvalue weighted by atomic mass is 10.2. The summed E-state index contributed by atoms with van der Waals surface area (Å²) in [6.45, 7) is 0. The maximum absolute atomic E-state index is 12.8. The van der Waals surface area contributed by atoms with Crippen LogP contribution in [0.4, 0.5) is 10.1 Å². The second-order valence-electron chi connectivity index (χ2n) is 4.04. The largest absolute Gasteiger partial charge is 0.322 e. The standard InChI is InChI=1S/C14H10FN3O/c15-10-3-5-11(6-4-10)17-14(19)12-2-1-9-18-13(12)7-8-16-18/h1-9H,(H,17,19). The first kappa shape index (κ1) is 11.4. The van der Waals surface area contributed by atoms with Gasteiger partial charge in [-0.1, -0.05) is 0 Å². The van der Waals surface area contributed by atoms with Crippen LogP contribution in [0.5, 0.6) is 0 Å². The van der Waals surface area contributed by atoms with Crippen molar-refractivity contribution in [2.45, 2.75) is 0 Å². The monoisotopic (exact) mass is 255 g/mol. The van der Waals surface area contributed by atoms with Crippen molar-refractivity contribution in [2.75, 3.05) is 5.32 Å². The van der Waals surface area contributed by atoms with E-state index in [2.05, 4.69) is 10.4 Å². The molecule has 94 valence electrons. The van der Waals surface area contributed by atoms with Gasteiger partial charge in [-0.15, -0.1) is 0 Å². The number of benzene rings is 1. The first-order valence-electron chi connectivity index (χ1n) is 5.73. The number of rotatable bonds is 2. The minimum atomic E-state index is -0.337. The minimum Gasteiger partial charge on any atom is -0.322 e. The summed E-state index contributed by atoms with van der Waals surface area (Å²) in [5.74, 6) is -0.589. The quantitative estimate of drug-likeness (QED) is 0.765. The van der Waals surface area contributed by atoms with Gasteiger partial charge in [0.25, 0.3) is 5.91 Å². The van der Waals surface area contributed by atoms with Crippen LogP contribution in [-0.2, 0) is 0 Å². The number of aromatic nitrogens is 2. The number of pyridine rings is 1. The SMILES string of the molecule is O=C(Nc1ccc(F)cc1)c1cccn2nccc12. The van der Waals surface area contributed by atoms with E-state index in [0.717, 1.165) is 5.52 Å². The molecular formula is C14H10FN3O. The van der Waals surface area contributed by atoms with E-state index in [0.29, 0.717) is 11.3 Å². The Balaban J connectivity index is 1.92. The fourth-order valence-electron chi connectivity index (χ4n) is 1.88. The minimum absolute atomic E-state index is 0.252. The van der Waals surface area contributed by atoms with E-state index < -0.39 is 0 Å². The van der Waals surface area contributed by atoms with Crippen molar-refractivity contribution in [1.29, 1.82) is 0 Å². The molecule has 2 aromatic heterocycles. The van der Waals surface area contributed by atoms with Gasteiger partial charge in [0.2, 0.25) is 0 Å². The summed E-state index contributed by atoms with van der Waals surface area (Å²) in [5, 5.41) is 6.79. The van der Waals surface area contributed by atoms with E-state index in [1.807, 2.05) is 0 Å². The van der Waals surface area contributed by atoms with Gasteiger partial charge in [-0.25, -0.2) is 8.91 Å². The third kappa shape index (κ3) is 2.18. The van der Waals surface area contributed by atoms with E-state index >= 15 is 0 Å². The first-order chi connectivity index (χ1) is 9.24. The molecule has 0 spiro atoms. The van der Waals surface area contributed by atoms with Crippen LogP contribution in [0.3, 0.4) is 0 Å². The number of fused-ring (bicyclic) bond motifs is 1. The van der Waals surface area contributed by atoms with E-state index in [1.165, 1.54) is 24.3 Å². The highest BCUT2D eigenvalue weighted by Crippen LogP contribution is 2.14. The molecule has 1 aromatic carbocycles. The summed E-state index contributed by atoms with van der Waals surface area (Å²) in [4.78, 5) is 12.2. The van der Waals surface area contributed by atoms with Crippen molar-refractivity contribution >= 4 is 17.1 Å². The maximum atomic E-state index is 12.8. The molecule has 0 radical (unpaired) electrons. The Hall–Kier alpha value is -2.69. The van der Waals surface area contributed by atoms with Crippen molar-refractivity contribution < 1.29 is 9.18 Å². The van der Waals surface area contributed by atoms with Gasteiger partial charge in [-0.3, -0.25) is 4.79 Å². The molecule has 19 heavy (non-hydrogen) atoms. The zero-order chi connectivity index (χ0) is 13.2. The Morgan fingerprint density at radius 2 is 1.95 bits per heavy atom. The number of carbonyl (C=O) groups excluding carboxylic acids is 1. The molecule has 0 atom stereocenters. The van der Waals surface area contributed by atoms with E-state index in [4.69, 9.17) is 0 Å². The highest BCUT2D eigenvalue weighted by molar-refractivity contribution is 6.08. The Labute approximate surface area is 108 Å². The molecule has 0 aliphatic heterocycles. The van der Waals surface area contributed by atoms with E-state index in [1.54, 1.807) is 35.1 Å². The Kier molecular flexibility index (Phi) is 2.72. The number of nitrogens with one attached hydrogen (secondary N) is 1. The third-order valence-electron chi connectivity index (χ3n) is 2.78. The number of halogens is 1. The smallest absolute Gasteiger partial charge is 0.257 e. The molecule has 0 aliphatic carbocycles. The first-order valence-corrected chi connectivity index (χ1v) is 5.73. The van der Waals surface area contributed by atoms with Crippen LogP contribution >= 0.6 is 0 Å². The second-order valence-corrected chi connectivity index (χ2v) is 4.04. The lowest BCUT2D eigenvalue weighted by Gasteiger charge is -2.06. The van der Waals surface area contributed by atoms with Gasteiger partial charge in [-0.05, 0) is 42.5 Å². The number of nitrogens with zero attached hydrogens (tertiary/aromatic N) is 2. The molecule has 4 nitrogen and oxygen atoms in total. The topological polar surface area (TPSA) is 46.4 Å². The summed E-state index contributed by atoms with van der Waals surface area (Å²) >= 11 is 0. The molecule has 1 N–H and O–H groups in total. The molecule has 3 aromatic rings. The molecule has 0 saturated carbocycles. The molecule has 0 fully saturated rings. The fraction of sp³-hybridized carbons (Fsp3) is 0. The van der Waals surface area contributed by atoms with Gasteiger partial charge in [0.05, 0.1) is 17.3 Å². The normalized spacial score (nSPS) is 10.6. The molecule has 1 amide bonds. The Morgan fingerprint density at radius 1 is 1.16 bits per heavy atom. The highest BCUT2D eigenvalue weighted by Gasteiger charge is 2.10. The fourth-order valence-corrected chi connectivity index (χ4v) is 1.88. The van der Waals surface area contributed by atoms with Gasteiger partial charge in [0.1, 0.15) is 5.82 Å². The molecular weight excluding hydrogens is 245 g/mol. The van der Waals surface area contributed by atoms with Gasteiger partial charge in [0.15, 0.2) is 0 Å². The molecule has 2 heterocycles. The summed E-state index contributed by atoms with van der Waals surface area (Å²) in [6.07, 6.45) is 3.40. The molecule has 5 heteroatoms. The van der Waals surface area contributed by atoms with Crippen LogP contribution in [0.2, 0.25) is 0 Å². The maximum Gasteiger partial charge on any atom is 0.257 e. The number of carbonyl (C=O) groups is 1. The van der Waals surface area contributed by atoms with Gasteiger partial charge < -0.3 is 5.32 Å². The van der Waals surface area contributed by atoms with Crippen molar-refractivity contribution in [1.82, 2.24) is 9.61 Å².